The van der Waals surface area contributed by atoms with E-state index in [2.05, 4.69) is 10.6 Å². The zero-order valence-corrected chi connectivity index (χ0v) is 10.5. The van der Waals surface area contributed by atoms with Gasteiger partial charge in [0.15, 0.2) is 0 Å². The first-order valence-electron chi connectivity index (χ1n) is 6.14. The van der Waals surface area contributed by atoms with Gasteiger partial charge in [0.2, 0.25) is 5.82 Å². The fraction of sp³-hybridized carbons (Fsp3) is 0.417. The lowest BCUT2D eigenvalue weighted by molar-refractivity contribution is -0.387. The second kappa shape index (κ2) is 5.91. The fourth-order valence-corrected chi connectivity index (χ4v) is 2.11. The molecule has 108 valence electrons. The van der Waals surface area contributed by atoms with Crippen LogP contribution >= 0.6 is 0 Å². The molecule has 2 rings (SSSR count). The number of carbonyl (C=O) groups is 1. The molecule has 1 aliphatic heterocycles. The van der Waals surface area contributed by atoms with E-state index in [1.165, 1.54) is 0 Å². The Morgan fingerprint density at radius 3 is 2.80 bits per heavy atom. The van der Waals surface area contributed by atoms with Crippen LogP contribution in [0.25, 0.3) is 0 Å². The normalized spacial score (nSPS) is 18.6. The molecule has 1 fully saturated rings. The average Bonchev–Trinajstić information content (AvgIpc) is 2.41. The molecular formula is C12H13F2N3O3. The predicted molar refractivity (Wildman–Crippen MR) is 66.4 cm³/mol. The Morgan fingerprint density at radius 1 is 1.45 bits per heavy atom. The zero-order chi connectivity index (χ0) is 14.7. The minimum atomic E-state index is -1.32. The molecule has 0 unspecified atom stereocenters. The quantitative estimate of drug-likeness (QED) is 0.648. The largest absolute Gasteiger partial charge is 0.348 e. The van der Waals surface area contributed by atoms with Crippen LogP contribution in [0.2, 0.25) is 0 Å². The third kappa shape index (κ3) is 3.08. The Balaban J connectivity index is 2.22. The van der Waals surface area contributed by atoms with Crippen LogP contribution in [0.1, 0.15) is 23.2 Å². The molecule has 1 aromatic carbocycles. The minimum Gasteiger partial charge on any atom is -0.348 e. The molecule has 6 nitrogen and oxygen atoms in total. The first-order valence-corrected chi connectivity index (χ1v) is 6.14. The molecule has 1 amide bonds. The number of benzene rings is 1. The van der Waals surface area contributed by atoms with Crippen molar-refractivity contribution in [3.63, 3.8) is 0 Å². The molecule has 1 saturated heterocycles. The van der Waals surface area contributed by atoms with E-state index in [0.29, 0.717) is 18.7 Å². The maximum absolute atomic E-state index is 13.8. The van der Waals surface area contributed by atoms with Crippen LogP contribution in [-0.2, 0) is 0 Å². The highest BCUT2D eigenvalue weighted by atomic mass is 19.1. The molecule has 1 aromatic rings. The number of nitro benzene ring substituents is 1. The van der Waals surface area contributed by atoms with Crippen molar-refractivity contribution in [1.29, 1.82) is 0 Å². The van der Waals surface area contributed by atoms with Crippen molar-refractivity contribution in [3.8, 4) is 0 Å². The molecule has 2 N–H and O–H groups in total. The summed E-state index contributed by atoms with van der Waals surface area (Å²) in [4.78, 5) is 21.4. The number of piperidine rings is 1. The van der Waals surface area contributed by atoms with Gasteiger partial charge in [0.25, 0.3) is 5.91 Å². The molecule has 1 heterocycles. The monoisotopic (exact) mass is 285 g/mol. The van der Waals surface area contributed by atoms with Gasteiger partial charge in [-0.1, -0.05) is 0 Å². The maximum Gasteiger partial charge on any atom is 0.308 e. The van der Waals surface area contributed by atoms with E-state index in [-0.39, 0.29) is 6.04 Å². The number of rotatable bonds is 3. The fourth-order valence-electron chi connectivity index (χ4n) is 2.11. The van der Waals surface area contributed by atoms with Crippen LogP contribution in [0.15, 0.2) is 12.1 Å². The second-order valence-corrected chi connectivity index (χ2v) is 4.56. The van der Waals surface area contributed by atoms with Gasteiger partial charge in [-0.2, -0.15) is 4.39 Å². The predicted octanol–water partition coefficient (Wildman–Crippen LogP) is 1.35. The van der Waals surface area contributed by atoms with Crippen molar-refractivity contribution in [2.75, 3.05) is 13.1 Å². The van der Waals surface area contributed by atoms with Crippen LogP contribution in [-0.4, -0.2) is 30.0 Å². The molecule has 1 aliphatic rings. The highest BCUT2D eigenvalue weighted by molar-refractivity contribution is 5.95. The Morgan fingerprint density at radius 2 is 2.20 bits per heavy atom. The second-order valence-electron chi connectivity index (χ2n) is 4.56. The van der Waals surface area contributed by atoms with Crippen molar-refractivity contribution in [2.24, 2.45) is 0 Å². The van der Waals surface area contributed by atoms with Crippen LogP contribution < -0.4 is 10.6 Å². The van der Waals surface area contributed by atoms with Crippen molar-refractivity contribution < 1.29 is 18.5 Å². The van der Waals surface area contributed by atoms with E-state index in [4.69, 9.17) is 0 Å². The molecule has 0 aromatic heterocycles. The highest BCUT2D eigenvalue weighted by Gasteiger charge is 2.25. The van der Waals surface area contributed by atoms with Crippen molar-refractivity contribution in [1.82, 2.24) is 10.6 Å². The van der Waals surface area contributed by atoms with Crippen LogP contribution in [0.5, 0.6) is 0 Å². The van der Waals surface area contributed by atoms with E-state index in [1.54, 1.807) is 0 Å². The van der Waals surface area contributed by atoms with Gasteiger partial charge in [-0.15, -0.1) is 0 Å². The molecule has 0 radical (unpaired) electrons. The van der Waals surface area contributed by atoms with Crippen LogP contribution in [0, 0.1) is 21.7 Å². The third-order valence-corrected chi connectivity index (χ3v) is 3.09. The SMILES string of the molecule is O=C(N[C@@H]1CCCNC1)c1cc(F)cc([N+](=O)[O-])c1F. The molecule has 0 spiro atoms. The van der Waals surface area contributed by atoms with Gasteiger partial charge < -0.3 is 10.6 Å². The van der Waals surface area contributed by atoms with E-state index in [0.717, 1.165) is 19.4 Å². The smallest absolute Gasteiger partial charge is 0.308 e. The maximum atomic E-state index is 13.8. The van der Waals surface area contributed by atoms with Gasteiger partial charge in [0.05, 0.1) is 16.6 Å². The van der Waals surface area contributed by atoms with E-state index >= 15 is 0 Å². The number of halogens is 2. The highest BCUT2D eigenvalue weighted by Crippen LogP contribution is 2.22. The van der Waals surface area contributed by atoms with Crippen LogP contribution in [0.3, 0.4) is 0 Å². The lowest BCUT2D eigenvalue weighted by Gasteiger charge is -2.23. The first kappa shape index (κ1) is 14.3. The Labute approximate surface area is 113 Å². The molecule has 20 heavy (non-hydrogen) atoms. The van der Waals surface area contributed by atoms with E-state index in [9.17, 15) is 23.7 Å². The number of amides is 1. The molecular weight excluding hydrogens is 272 g/mol. The summed E-state index contributed by atoms with van der Waals surface area (Å²) < 4.78 is 27.1. The Kier molecular flexibility index (Phi) is 4.23. The van der Waals surface area contributed by atoms with Gasteiger partial charge in [-0.25, -0.2) is 4.39 Å². The van der Waals surface area contributed by atoms with E-state index < -0.39 is 33.7 Å². The number of nitrogens with zero attached hydrogens (tertiary/aromatic N) is 1. The summed E-state index contributed by atoms with van der Waals surface area (Å²) in [5.74, 6) is -3.19. The summed E-state index contributed by atoms with van der Waals surface area (Å²) >= 11 is 0. The third-order valence-electron chi connectivity index (χ3n) is 3.09. The summed E-state index contributed by atoms with van der Waals surface area (Å²) in [7, 11) is 0. The molecule has 0 bridgehead atoms. The topological polar surface area (TPSA) is 84.3 Å². The average molecular weight is 285 g/mol. The van der Waals surface area contributed by atoms with Gasteiger partial charge in [-0.3, -0.25) is 14.9 Å². The lowest BCUT2D eigenvalue weighted by Crippen LogP contribution is -2.45. The first-order chi connectivity index (χ1) is 9.49. The minimum absolute atomic E-state index is 0.196. The molecule has 0 aliphatic carbocycles. The number of hydrogen-bond acceptors (Lipinski definition) is 4. The zero-order valence-electron chi connectivity index (χ0n) is 10.5. The molecule has 1 atom stereocenters. The number of hydrogen-bond donors (Lipinski definition) is 2. The Hall–Kier alpha value is -2.09. The standard InChI is InChI=1S/C12H13F2N3O3/c13-7-4-9(11(14)10(5-7)17(19)20)12(18)16-8-2-1-3-15-6-8/h4-5,8,15H,1-3,6H2,(H,16,18)/t8-/m1/s1. The van der Waals surface area contributed by atoms with Gasteiger partial charge in [-0.05, 0) is 25.5 Å². The summed E-state index contributed by atoms with van der Waals surface area (Å²) in [5.41, 5.74) is -1.70. The lowest BCUT2D eigenvalue weighted by atomic mass is 10.1. The van der Waals surface area contributed by atoms with Crippen LogP contribution in [0.4, 0.5) is 14.5 Å². The van der Waals surface area contributed by atoms with E-state index in [1.807, 2.05) is 0 Å². The van der Waals surface area contributed by atoms with Crippen molar-refractivity contribution in [3.05, 3.63) is 39.4 Å². The van der Waals surface area contributed by atoms with Gasteiger partial charge in [0.1, 0.15) is 5.82 Å². The summed E-state index contributed by atoms with van der Waals surface area (Å²) in [6, 6.07) is 0.917. The summed E-state index contributed by atoms with van der Waals surface area (Å²) in [6.07, 6.45) is 1.58. The number of carbonyl (C=O) groups excluding carboxylic acids is 1. The van der Waals surface area contributed by atoms with Gasteiger partial charge in [0, 0.05) is 12.6 Å². The molecule has 0 saturated carbocycles. The van der Waals surface area contributed by atoms with Crippen molar-refractivity contribution in [2.45, 2.75) is 18.9 Å². The molecule has 8 heteroatoms. The Bertz CT molecular complexity index is 545. The summed E-state index contributed by atoms with van der Waals surface area (Å²) in [5, 5.41) is 16.2. The summed E-state index contributed by atoms with van der Waals surface area (Å²) in [6.45, 7) is 1.37. The number of nitrogens with one attached hydrogen (secondary N) is 2. The van der Waals surface area contributed by atoms with Crippen molar-refractivity contribution >= 4 is 11.6 Å². The van der Waals surface area contributed by atoms with Gasteiger partial charge >= 0.3 is 5.69 Å². The number of nitro groups is 1.